The van der Waals surface area contributed by atoms with E-state index in [1.165, 1.54) is 21.3 Å². The maximum absolute atomic E-state index is 11.2. The first-order valence-electron chi connectivity index (χ1n) is 15.4. The van der Waals surface area contributed by atoms with Crippen LogP contribution in [0.4, 0.5) is 0 Å². The molecule has 0 saturated heterocycles. The second-order valence-corrected chi connectivity index (χ2v) is 10.8. The molecule has 3 rings (SSSR count). The van der Waals surface area contributed by atoms with Crippen LogP contribution in [0, 0.1) is 0 Å². The molecule has 3 aromatic carbocycles. The average Bonchev–Trinajstić information content (AvgIpc) is 3.08. The fourth-order valence-corrected chi connectivity index (χ4v) is 4.81. The molecule has 0 radical (unpaired) electrons. The number of aromatic hydroxyl groups is 3. The lowest BCUT2D eigenvalue weighted by molar-refractivity contribution is -0.142. The van der Waals surface area contributed by atoms with Gasteiger partial charge in [-0.25, -0.2) is 0 Å². The Balaban J connectivity index is 0.000000360. The van der Waals surface area contributed by atoms with Crippen LogP contribution in [0.15, 0.2) is 111 Å². The first-order valence-corrected chi connectivity index (χ1v) is 15.4. The number of benzene rings is 3. The molecule has 0 aliphatic carbocycles. The zero-order valence-electron chi connectivity index (χ0n) is 28.0. The Morgan fingerprint density at radius 1 is 0.542 bits per heavy atom. The molecule has 258 valence electrons. The lowest BCUT2D eigenvalue weighted by Gasteiger charge is -2.14. The number of allylic oxidation sites excluding steroid dienone is 3. The Kier molecular flexibility index (Phi) is 19.6. The van der Waals surface area contributed by atoms with Gasteiger partial charge in [-0.15, -0.1) is 19.7 Å². The number of rotatable bonds is 15. The summed E-state index contributed by atoms with van der Waals surface area (Å²) < 4.78 is 13.9. The van der Waals surface area contributed by atoms with Crippen LogP contribution in [-0.2, 0) is 28.6 Å². The minimum absolute atomic E-state index is 0.0112. The molecule has 3 N–H and O–H groups in total. The van der Waals surface area contributed by atoms with Gasteiger partial charge in [0.05, 0.1) is 40.6 Å². The van der Waals surface area contributed by atoms with Crippen LogP contribution in [0.2, 0.25) is 0 Å². The monoisotopic (exact) mass is 660 g/mol. The second kappa shape index (κ2) is 23.1. The van der Waals surface area contributed by atoms with Crippen LogP contribution >= 0.6 is 0 Å². The molecule has 48 heavy (non-hydrogen) atoms. The van der Waals surface area contributed by atoms with Crippen molar-refractivity contribution in [1.82, 2.24) is 0 Å². The van der Waals surface area contributed by atoms with Gasteiger partial charge in [0.15, 0.2) is 0 Å². The summed E-state index contributed by atoms with van der Waals surface area (Å²) >= 11 is 0. The van der Waals surface area contributed by atoms with Gasteiger partial charge in [0.1, 0.15) is 17.2 Å². The van der Waals surface area contributed by atoms with Crippen molar-refractivity contribution in [2.45, 2.75) is 56.3 Å². The van der Waals surface area contributed by atoms with Crippen molar-refractivity contribution < 1.29 is 43.9 Å². The molecule has 3 aromatic rings. The molecule has 0 aromatic heterocycles. The van der Waals surface area contributed by atoms with Gasteiger partial charge in [-0.1, -0.05) is 54.6 Å². The number of esters is 3. The first kappa shape index (κ1) is 40.7. The third-order valence-corrected chi connectivity index (χ3v) is 7.30. The third-order valence-electron chi connectivity index (χ3n) is 7.30. The summed E-state index contributed by atoms with van der Waals surface area (Å²) in [4.78, 5) is 33.7. The van der Waals surface area contributed by atoms with Crippen LogP contribution in [0.25, 0.3) is 0 Å². The molecule has 0 heterocycles. The van der Waals surface area contributed by atoms with Crippen molar-refractivity contribution >= 4 is 17.9 Å². The lowest BCUT2D eigenvalue weighted by atomic mass is 9.92. The van der Waals surface area contributed by atoms with E-state index in [-0.39, 0.29) is 52.9 Å². The molecule has 0 bridgehead atoms. The van der Waals surface area contributed by atoms with E-state index in [4.69, 9.17) is 0 Å². The average molecular weight is 661 g/mol. The van der Waals surface area contributed by atoms with Crippen molar-refractivity contribution in [2.75, 3.05) is 21.3 Å². The predicted octanol–water partition coefficient (Wildman–Crippen LogP) is 7.85. The Bertz CT molecular complexity index is 1290. The van der Waals surface area contributed by atoms with E-state index in [0.29, 0.717) is 38.5 Å². The van der Waals surface area contributed by atoms with Crippen molar-refractivity contribution in [3.05, 3.63) is 127 Å². The van der Waals surface area contributed by atoms with E-state index in [2.05, 4.69) is 33.9 Å². The summed E-state index contributed by atoms with van der Waals surface area (Å²) in [5.74, 6) is -0.115. The number of hydrogen-bond acceptors (Lipinski definition) is 9. The van der Waals surface area contributed by atoms with Crippen LogP contribution in [0.3, 0.4) is 0 Å². The molecule has 0 amide bonds. The minimum Gasteiger partial charge on any atom is -0.508 e. The van der Waals surface area contributed by atoms with Crippen molar-refractivity contribution in [2.24, 2.45) is 0 Å². The third kappa shape index (κ3) is 15.8. The number of ether oxygens (including phenoxy) is 3. The highest BCUT2D eigenvalue weighted by Gasteiger charge is 2.17. The molecule has 9 heteroatoms. The predicted molar refractivity (Wildman–Crippen MR) is 187 cm³/mol. The Labute approximate surface area is 283 Å². The number of carbonyl (C=O) groups is 3. The zero-order chi connectivity index (χ0) is 35.9. The van der Waals surface area contributed by atoms with E-state index < -0.39 is 0 Å². The summed E-state index contributed by atoms with van der Waals surface area (Å²) in [5.41, 5.74) is 2.76. The van der Waals surface area contributed by atoms with Gasteiger partial charge in [0, 0.05) is 0 Å². The summed E-state index contributed by atoms with van der Waals surface area (Å²) in [6.07, 6.45) is 8.21. The van der Waals surface area contributed by atoms with Crippen molar-refractivity contribution in [3.8, 4) is 17.2 Å². The maximum Gasteiger partial charge on any atom is 0.306 e. The van der Waals surface area contributed by atoms with Gasteiger partial charge in [-0.3, -0.25) is 14.4 Å². The number of phenols is 3. The van der Waals surface area contributed by atoms with Gasteiger partial charge in [-0.05, 0) is 90.1 Å². The summed E-state index contributed by atoms with van der Waals surface area (Å²) in [6, 6.07) is 20.7. The summed E-state index contributed by atoms with van der Waals surface area (Å²) in [7, 11) is 4.11. The topological polar surface area (TPSA) is 140 Å². The van der Waals surface area contributed by atoms with Gasteiger partial charge < -0.3 is 29.5 Å². The molecule has 0 saturated carbocycles. The Morgan fingerprint density at radius 3 is 0.979 bits per heavy atom. The molecule has 9 nitrogen and oxygen atoms in total. The quantitative estimate of drug-likeness (QED) is 0.0845. The molecular formula is C39H48O9. The van der Waals surface area contributed by atoms with E-state index in [1.807, 2.05) is 18.2 Å². The fraction of sp³-hybridized carbons (Fsp3) is 0.308. The molecular weight excluding hydrogens is 612 g/mol. The number of phenolic OH excluding ortho intramolecular Hbond substituents is 3. The van der Waals surface area contributed by atoms with Crippen LogP contribution in [0.5, 0.6) is 17.2 Å². The highest BCUT2D eigenvalue weighted by Crippen LogP contribution is 2.29. The molecule has 0 fully saturated rings. The summed E-state index contributed by atoms with van der Waals surface area (Å²) in [5, 5.41) is 28.1. The Morgan fingerprint density at radius 2 is 0.792 bits per heavy atom. The highest BCUT2D eigenvalue weighted by atomic mass is 16.5. The van der Waals surface area contributed by atoms with E-state index in [1.54, 1.807) is 72.8 Å². The zero-order valence-corrected chi connectivity index (χ0v) is 28.0. The second-order valence-electron chi connectivity index (χ2n) is 10.8. The van der Waals surface area contributed by atoms with E-state index in [0.717, 1.165) is 16.7 Å². The van der Waals surface area contributed by atoms with E-state index >= 15 is 0 Å². The molecule has 0 aliphatic heterocycles. The molecule has 0 aliphatic rings. The van der Waals surface area contributed by atoms with Crippen LogP contribution in [0.1, 0.15) is 73.0 Å². The Hall–Kier alpha value is -5.31. The highest BCUT2D eigenvalue weighted by molar-refractivity contribution is 5.71. The van der Waals surface area contributed by atoms with Crippen molar-refractivity contribution in [1.29, 1.82) is 0 Å². The van der Waals surface area contributed by atoms with Crippen LogP contribution in [-0.4, -0.2) is 54.6 Å². The number of carbonyl (C=O) groups excluding carboxylic acids is 3. The van der Waals surface area contributed by atoms with E-state index in [9.17, 15) is 29.7 Å². The van der Waals surface area contributed by atoms with Gasteiger partial charge in [-0.2, -0.15) is 0 Å². The standard InChI is InChI=1S/3C13H16O3/c3*1-3-5-10(9-13(15)16-2)11-6-4-7-12(14)8-11/h3*3-4,6-8,10,14H,1,5,9H2,2H3/t2*10-;/m10./s1. The minimum atomic E-state index is -0.254. The lowest BCUT2D eigenvalue weighted by Crippen LogP contribution is -2.08. The SMILES string of the molecule is C=CCC(CC(=O)OC)c1cccc(O)c1.C=CC[C@@H](CC(=O)OC)c1cccc(O)c1.C=CC[C@H](CC(=O)OC)c1cccc(O)c1. The molecule has 3 atom stereocenters. The summed E-state index contributed by atoms with van der Waals surface area (Å²) in [6.45, 7) is 11.0. The molecule has 1 unspecified atom stereocenters. The number of methoxy groups -OCH3 is 3. The van der Waals surface area contributed by atoms with Gasteiger partial charge in [0.2, 0.25) is 0 Å². The van der Waals surface area contributed by atoms with Gasteiger partial charge in [0.25, 0.3) is 0 Å². The molecule has 0 spiro atoms. The maximum atomic E-state index is 11.2. The van der Waals surface area contributed by atoms with Crippen molar-refractivity contribution in [3.63, 3.8) is 0 Å². The fourth-order valence-electron chi connectivity index (χ4n) is 4.81. The largest absolute Gasteiger partial charge is 0.508 e. The first-order chi connectivity index (χ1) is 23.0. The normalized spacial score (nSPS) is 11.8. The van der Waals surface area contributed by atoms with Gasteiger partial charge >= 0.3 is 17.9 Å². The van der Waals surface area contributed by atoms with Crippen LogP contribution < -0.4 is 0 Å². The number of hydrogen-bond donors (Lipinski definition) is 3. The smallest absolute Gasteiger partial charge is 0.306 e.